The Morgan fingerprint density at radius 3 is 1.38 bits per heavy atom. The minimum Gasteiger partial charge on any atom is -0.478 e. The van der Waals surface area contributed by atoms with Crippen LogP contribution in [0.2, 0.25) is 10.0 Å². The van der Waals surface area contributed by atoms with Crippen molar-refractivity contribution >= 4 is 103 Å². The number of carbonyl (C=O) groups is 4. The number of thiophene rings is 2. The highest BCUT2D eigenvalue weighted by atomic mass is 35.5. The maximum Gasteiger partial charge on any atom is 0.342 e. The first-order valence-corrected chi connectivity index (χ1v) is 21.2. The van der Waals surface area contributed by atoms with Crippen molar-refractivity contribution in [3.05, 3.63) is 152 Å². The van der Waals surface area contributed by atoms with Gasteiger partial charge in [-0.15, -0.1) is 45.9 Å². The SMILES string of the molecule is CC(C)(C)OC(=O)c1c(-c2ccc(Cl)cc2)csc1NC(=O)C(Cl)Cc1ccccc1.O=C(O)c1c(-c2ccc(Cl)cc2)csc1NC(=O)C(Cl)Cc1ccccc1. The first-order chi connectivity index (χ1) is 27.6. The number of hydrogen-bond acceptors (Lipinski definition) is 7. The molecule has 4 aromatic carbocycles. The molecule has 8 nitrogen and oxygen atoms in total. The summed E-state index contributed by atoms with van der Waals surface area (Å²) in [6.45, 7) is 5.39. The largest absolute Gasteiger partial charge is 0.478 e. The van der Waals surface area contributed by atoms with Crippen LogP contribution in [0.15, 0.2) is 120 Å². The number of rotatable bonds is 12. The first-order valence-electron chi connectivity index (χ1n) is 17.8. The Balaban J connectivity index is 0.000000223. The summed E-state index contributed by atoms with van der Waals surface area (Å²) in [5.41, 5.74) is 4.25. The van der Waals surface area contributed by atoms with Crippen molar-refractivity contribution in [3.8, 4) is 22.3 Å². The number of benzene rings is 4. The standard InChI is InChI=1S/C24H23Cl2NO3S.C20H15Cl2NO3S/c1-24(2,3)30-23(29)20-18(16-9-11-17(25)12-10-16)14-31-22(20)27-21(28)19(26)13-15-7-5-4-6-8-15;21-14-8-6-13(7-9-14)15-11-27-19(17(15)20(25)26)23-18(24)16(22)10-12-4-2-1-3-5-12/h4-12,14,19H,13H2,1-3H3,(H,27,28);1-9,11,16H,10H2,(H,23,24)(H,25,26). The van der Waals surface area contributed by atoms with Gasteiger partial charge in [-0.2, -0.15) is 0 Å². The summed E-state index contributed by atoms with van der Waals surface area (Å²) in [6, 6.07) is 32.9. The zero-order chi connectivity index (χ0) is 42.0. The molecule has 2 amide bonds. The highest BCUT2D eigenvalue weighted by Gasteiger charge is 2.28. The number of carbonyl (C=O) groups excluding carboxylic acids is 3. The smallest absolute Gasteiger partial charge is 0.342 e. The maximum absolute atomic E-state index is 13.0. The van der Waals surface area contributed by atoms with Crippen LogP contribution in [-0.4, -0.2) is 45.2 Å². The van der Waals surface area contributed by atoms with Gasteiger partial charge < -0.3 is 20.5 Å². The summed E-state index contributed by atoms with van der Waals surface area (Å²) in [5.74, 6) is -2.44. The fourth-order valence-electron chi connectivity index (χ4n) is 5.54. The van der Waals surface area contributed by atoms with Gasteiger partial charge in [0, 0.05) is 31.9 Å². The van der Waals surface area contributed by atoms with Gasteiger partial charge in [0.2, 0.25) is 11.8 Å². The predicted octanol–water partition coefficient (Wildman–Crippen LogP) is 12.4. The fourth-order valence-corrected chi connectivity index (χ4v) is 8.18. The van der Waals surface area contributed by atoms with Gasteiger partial charge in [-0.3, -0.25) is 9.59 Å². The van der Waals surface area contributed by atoms with Crippen LogP contribution in [0.5, 0.6) is 0 Å². The first kappa shape index (κ1) is 44.4. The van der Waals surface area contributed by atoms with Gasteiger partial charge >= 0.3 is 11.9 Å². The number of aromatic carboxylic acids is 1. The topological polar surface area (TPSA) is 122 Å². The molecule has 0 bridgehead atoms. The molecule has 0 aliphatic carbocycles. The molecule has 0 aliphatic heterocycles. The molecule has 300 valence electrons. The molecule has 6 aromatic rings. The minimum absolute atomic E-state index is 0.0410. The van der Waals surface area contributed by atoms with Crippen molar-refractivity contribution in [2.24, 2.45) is 0 Å². The molecule has 0 aliphatic rings. The lowest BCUT2D eigenvalue weighted by Gasteiger charge is -2.20. The number of amides is 2. The highest BCUT2D eigenvalue weighted by molar-refractivity contribution is 7.15. The van der Waals surface area contributed by atoms with E-state index in [4.69, 9.17) is 51.1 Å². The van der Waals surface area contributed by atoms with E-state index in [-0.39, 0.29) is 16.5 Å². The average Bonchev–Trinajstić information content (AvgIpc) is 3.80. The molecule has 0 radical (unpaired) electrons. The van der Waals surface area contributed by atoms with Gasteiger partial charge in [0.05, 0.1) is 0 Å². The molecule has 0 spiro atoms. The molecule has 0 saturated heterocycles. The molecule has 0 saturated carbocycles. The predicted molar refractivity (Wildman–Crippen MR) is 238 cm³/mol. The third-order valence-electron chi connectivity index (χ3n) is 8.27. The summed E-state index contributed by atoms with van der Waals surface area (Å²) in [4.78, 5) is 50.0. The van der Waals surface area contributed by atoms with E-state index in [1.54, 1.807) is 62.5 Å². The van der Waals surface area contributed by atoms with E-state index in [0.717, 1.165) is 28.0 Å². The second kappa shape index (κ2) is 20.3. The Hall–Kier alpha value is -4.68. The van der Waals surface area contributed by atoms with Crippen LogP contribution < -0.4 is 10.6 Å². The van der Waals surface area contributed by atoms with E-state index in [1.165, 1.54) is 11.3 Å². The lowest BCUT2D eigenvalue weighted by molar-refractivity contribution is -0.116. The zero-order valence-corrected chi connectivity index (χ0v) is 36.1. The molecule has 2 atom stereocenters. The molecule has 2 unspecified atom stereocenters. The Morgan fingerprint density at radius 2 is 1.00 bits per heavy atom. The normalized spacial score (nSPS) is 12.1. The van der Waals surface area contributed by atoms with Crippen molar-refractivity contribution in [2.75, 3.05) is 10.6 Å². The third-order valence-corrected chi connectivity index (χ3v) is 11.3. The Kier molecular flexibility index (Phi) is 15.6. The molecule has 0 fully saturated rings. The summed E-state index contributed by atoms with van der Waals surface area (Å²) in [7, 11) is 0. The van der Waals surface area contributed by atoms with Crippen LogP contribution in [0.25, 0.3) is 22.3 Å². The van der Waals surface area contributed by atoms with Crippen molar-refractivity contribution < 1.29 is 29.0 Å². The van der Waals surface area contributed by atoms with Crippen LogP contribution >= 0.6 is 69.1 Å². The van der Waals surface area contributed by atoms with Crippen molar-refractivity contribution in [2.45, 2.75) is 50.0 Å². The number of carboxylic acid groups (broad SMARTS) is 1. The third kappa shape index (κ3) is 12.4. The molecule has 2 heterocycles. The number of hydrogen-bond donors (Lipinski definition) is 3. The van der Waals surface area contributed by atoms with E-state index >= 15 is 0 Å². The summed E-state index contributed by atoms with van der Waals surface area (Å²) < 4.78 is 5.60. The number of alkyl halides is 2. The monoisotopic (exact) mass is 894 g/mol. The van der Waals surface area contributed by atoms with Gasteiger partial charge in [0.15, 0.2) is 0 Å². The van der Waals surface area contributed by atoms with Crippen LogP contribution in [0.3, 0.4) is 0 Å². The van der Waals surface area contributed by atoms with E-state index in [0.29, 0.717) is 50.1 Å². The maximum atomic E-state index is 13.0. The Morgan fingerprint density at radius 1 is 0.621 bits per heavy atom. The van der Waals surface area contributed by atoms with Crippen molar-refractivity contribution in [1.82, 2.24) is 0 Å². The summed E-state index contributed by atoms with van der Waals surface area (Å²) in [6.07, 6.45) is 0.734. The molecule has 2 aromatic heterocycles. The number of esters is 1. The summed E-state index contributed by atoms with van der Waals surface area (Å²) in [5, 5.41) is 18.9. The minimum atomic E-state index is -1.12. The van der Waals surface area contributed by atoms with E-state index in [9.17, 15) is 24.3 Å². The van der Waals surface area contributed by atoms with Gasteiger partial charge in [-0.05, 0) is 80.1 Å². The number of anilines is 2. The average molecular weight is 897 g/mol. The fraction of sp³-hybridized carbons (Fsp3) is 0.182. The number of ether oxygens (including phenoxy) is 1. The molecule has 3 N–H and O–H groups in total. The van der Waals surface area contributed by atoms with Gasteiger partial charge in [-0.1, -0.05) is 108 Å². The van der Waals surface area contributed by atoms with Gasteiger partial charge in [0.1, 0.15) is 37.5 Å². The molecule has 58 heavy (non-hydrogen) atoms. The lowest BCUT2D eigenvalue weighted by atomic mass is 10.0. The number of nitrogens with one attached hydrogen (secondary N) is 2. The van der Waals surface area contributed by atoms with Crippen LogP contribution in [-0.2, 0) is 27.2 Å². The number of halogens is 4. The van der Waals surface area contributed by atoms with Crippen LogP contribution in [0.4, 0.5) is 10.0 Å². The van der Waals surface area contributed by atoms with E-state index in [1.807, 2.05) is 78.2 Å². The second-order valence-corrected chi connectivity index (χ2v) is 17.5. The Bertz CT molecular complexity index is 2340. The quantitative estimate of drug-likeness (QED) is 0.0831. The molecule has 14 heteroatoms. The Labute approximate surface area is 364 Å². The van der Waals surface area contributed by atoms with Crippen molar-refractivity contribution in [3.63, 3.8) is 0 Å². The van der Waals surface area contributed by atoms with Crippen LogP contribution in [0, 0.1) is 0 Å². The lowest BCUT2D eigenvalue weighted by Crippen LogP contribution is -2.27. The summed E-state index contributed by atoms with van der Waals surface area (Å²) >= 11 is 26.9. The van der Waals surface area contributed by atoms with Crippen molar-refractivity contribution in [1.29, 1.82) is 0 Å². The van der Waals surface area contributed by atoms with Gasteiger partial charge in [0.25, 0.3) is 0 Å². The second-order valence-electron chi connectivity index (χ2n) is 13.8. The van der Waals surface area contributed by atoms with Gasteiger partial charge in [-0.25, -0.2) is 9.59 Å². The molecular formula is C44H38Cl4N2O6S2. The molecular weight excluding hydrogens is 858 g/mol. The van der Waals surface area contributed by atoms with E-state index in [2.05, 4.69) is 10.6 Å². The van der Waals surface area contributed by atoms with Crippen LogP contribution in [0.1, 0.15) is 52.6 Å². The molecule has 6 rings (SSSR count). The number of carboxylic acids is 1. The highest BCUT2D eigenvalue weighted by Crippen LogP contribution is 2.38. The zero-order valence-electron chi connectivity index (χ0n) is 31.4. The van der Waals surface area contributed by atoms with E-state index < -0.39 is 34.2 Å².